The van der Waals surface area contributed by atoms with Crippen molar-refractivity contribution in [2.45, 2.75) is 32.3 Å². The van der Waals surface area contributed by atoms with Gasteiger partial charge in [-0.3, -0.25) is 0 Å². The zero-order valence-electron chi connectivity index (χ0n) is 10.3. The second-order valence-electron chi connectivity index (χ2n) is 4.28. The molecule has 1 unspecified atom stereocenters. The molecule has 4 nitrogen and oxygen atoms in total. The van der Waals surface area contributed by atoms with Crippen LogP contribution in [0.15, 0.2) is 30.3 Å². The van der Waals surface area contributed by atoms with Gasteiger partial charge in [0.15, 0.2) is 5.79 Å². The smallest absolute Gasteiger partial charge is 0.163 e. The molecule has 0 radical (unpaired) electrons. The lowest BCUT2D eigenvalue weighted by molar-refractivity contribution is -0.142. The Balaban J connectivity index is 0.000000171. The maximum absolute atomic E-state index is 8.59. The van der Waals surface area contributed by atoms with Crippen molar-refractivity contribution in [3.63, 3.8) is 0 Å². The molecule has 0 aromatic heterocycles. The molecule has 1 heterocycles. The van der Waals surface area contributed by atoms with Crippen LogP contribution < -0.4 is 0 Å². The minimum Gasteiger partial charge on any atom is -0.394 e. The lowest BCUT2D eigenvalue weighted by Gasteiger charge is -2.15. The van der Waals surface area contributed by atoms with E-state index in [4.69, 9.17) is 19.7 Å². The summed E-state index contributed by atoms with van der Waals surface area (Å²) in [5.41, 5.74) is 0.965. The molecular formula is C13H20O4. The first-order chi connectivity index (χ1) is 8.07. The van der Waals surface area contributed by atoms with E-state index < -0.39 is 5.79 Å². The topological polar surface area (TPSA) is 58.9 Å². The molecule has 1 aliphatic rings. The number of aliphatic hydroxyl groups excluding tert-OH is 2. The van der Waals surface area contributed by atoms with E-state index in [1.165, 1.54) is 0 Å². The highest BCUT2D eigenvalue weighted by atomic mass is 16.7. The molecule has 4 heteroatoms. The van der Waals surface area contributed by atoms with Gasteiger partial charge in [-0.1, -0.05) is 30.3 Å². The lowest BCUT2D eigenvalue weighted by atomic mass is 10.2. The predicted molar refractivity (Wildman–Crippen MR) is 64.4 cm³/mol. The predicted octanol–water partition coefficient (Wildman–Crippen LogP) is 1.31. The molecule has 1 fully saturated rings. The summed E-state index contributed by atoms with van der Waals surface area (Å²) in [5, 5.41) is 17.1. The van der Waals surface area contributed by atoms with Crippen LogP contribution in [0.5, 0.6) is 0 Å². The molecular weight excluding hydrogens is 220 g/mol. The van der Waals surface area contributed by atoms with Gasteiger partial charge in [-0.2, -0.15) is 0 Å². The fourth-order valence-electron chi connectivity index (χ4n) is 1.44. The van der Waals surface area contributed by atoms with Crippen LogP contribution in [-0.4, -0.2) is 35.3 Å². The van der Waals surface area contributed by atoms with E-state index in [1.54, 1.807) is 0 Å². The van der Waals surface area contributed by atoms with Crippen LogP contribution >= 0.6 is 0 Å². The summed E-state index contributed by atoms with van der Waals surface area (Å²) in [4.78, 5) is 0. The third kappa shape index (κ3) is 5.28. The number of aliphatic hydroxyl groups is 2. The van der Waals surface area contributed by atoms with Crippen molar-refractivity contribution in [2.75, 3.05) is 13.2 Å². The Bertz CT molecular complexity index is 310. The molecule has 1 aliphatic heterocycles. The number of hydrogen-bond acceptors (Lipinski definition) is 4. The van der Waals surface area contributed by atoms with Crippen molar-refractivity contribution in [3.05, 3.63) is 35.9 Å². The van der Waals surface area contributed by atoms with Crippen LogP contribution in [0, 0.1) is 0 Å². The number of hydrogen-bond donors (Lipinski definition) is 2. The minimum absolute atomic E-state index is 0.0451. The summed E-state index contributed by atoms with van der Waals surface area (Å²) in [6, 6.07) is 9.52. The molecule has 1 aromatic rings. The highest BCUT2D eigenvalue weighted by molar-refractivity contribution is 5.12. The Morgan fingerprint density at radius 1 is 1.24 bits per heavy atom. The Morgan fingerprint density at radius 2 is 1.88 bits per heavy atom. The average molecular weight is 240 g/mol. The van der Waals surface area contributed by atoms with Gasteiger partial charge >= 0.3 is 0 Å². The van der Waals surface area contributed by atoms with Crippen molar-refractivity contribution in [1.82, 2.24) is 0 Å². The highest BCUT2D eigenvalue weighted by Gasteiger charge is 2.31. The first kappa shape index (κ1) is 14.1. The summed E-state index contributed by atoms with van der Waals surface area (Å²) in [6.07, 6.45) is -0.125. The highest BCUT2D eigenvalue weighted by Crippen LogP contribution is 2.21. The van der Waals surface area contributed by atoms with E-state index in [-0.39, 0.29) is 19.3 Å². The van der Waals surface area contributed by atoms with Crippen LogP contribution in [0.4, 0.5) is 0 Å². The number of rotatable bonds is 2. The van der Waals surface area contributed by atoms with Gasteiger partial charge in [0.1, 0.15) is 6.10 Å². The van der Waals surface area contributed by atoms with Gasteiger partial charge < -0.3 is 19.7 Å². The fourth-order valence-corrected chi connectivity index (χ4v) is 1.44. The molecule has 1 saturated heterocycles. The molecule has 0 spiro atoms. The standard InChI is InChI=1S/C7H8O.C6H12O3/c8-6-7-4-2-1-3-5-7;1-6(2)8-4-5(3-7)9-6/h1-5,8H,6H2;5,7H,3-4H2,1-2H3. The first-order valence-corrected chi connectivity index (χ1v) is 5.65. The molecule has 17 heavy (non-hydrogen) atoms. The monoisotopic (exact) mass is 240 g/mol. The van der Waals surface area contributed by atoms with Gasteiger partial charge in [-0.15, -0.1) is 0 Å². The van der Waals surface area contributed by atoms with Crippen LogP contribution in [0.3, 0.4) is 0 Å². The third-order valence-corrected chi connectivity index (χ3v) is 2.30. The molecule has 96 valence electrons. The second kappa shape index (κ2) is 6.71. The Hall–Kier alpha value is -0.940. The quantitative estimate of drug-likeness (QED) is 0.818. The maximum atomic E-state index is 8.59. The normalized spacial score (nSPS) is 21.8. The second-order valence-corrected chi connectivity index (χ2v) is 4.28. The van der Waals surface area contributed by atoms with E-state index >= 15 is 0 Å². The summed E-state index contributed by atoms with van der Waals surface area (Å²) >= 11 is 0. The van der Waals surface area contributed by atoms with E-state index in [1.807, 2.05) is 44.2 Å². The summed E-state index contributed by atoms with van der Waals surface area (Å²) in [6.45, 7) is 4.36. The molecule has 0 saturated carbocycles. The molecule has 2 rings (SSSR count). The van der Waals surface area contributed by atoms with Gasteiger partial charge in [-0.05, 0) is 19.4 Å². The van der Waals surface area contributed by atoms with E-state index in [9.17, 15) is 0 Å². The van der Waals surface area contributed by atoms with Gasteiger partial charge in [0, 0.05) is 0 Å². The first-order valence-electron chi connectivity index (χ1n) is 5.65. The lowest BCUT2D eigenvalue weighted by Crippen LogP contribution is -2.22. The fraction of sp³-hybridized carbons (Fsp3) is 0.538. The minimum atomic E-state index is -0.493. The van der Waals surface area contributed by atoms with Crippen molar-refractivity contribution in [2.24, 2.45) is 0 Å². The summed E-state index contributed by atoms with van der Waals surface area (Å²) < 4.78 is 10.4. The van der Waals surface area contributed by atoms with Crippen molar-refractivity contribution < 1.29 is 19.7 Å². The van der Waals surface area contributed by atoms with Gasteiger partial charge in [0.2, 0.25) is 0 Å². The summed E-state index contributed by atoms with van der Waals surface area (Å²) in [7, 11) is 0. The van der Waals surface area contributed by atoms with Crippen LogP contribution in [0.1, 0.15) is 19.4 Å². The Morgan fingerprint density at radius 3 is 2.18 bits per heavy atom. The van der Waals surface area contributed by atoms with Gasteiger partial charge in [-0.25, -0.2) is 0 Å². The molecule has 0 bridgehead atoms. The van der Waals surface area contributed by atoms with Crippen LogP contribution in [-0.2, 0) is 16.1 Å². The van der Waals surface area contributed by atoms with Crippen molar-refractivity contribution >= 4 is 0 Å². The van der Waals surface area contributed by atoms with Gasteiger partial charge in [0.05, 0.1) is 19.8 Å². The van der Waals surface area contributed by atoms with E-state index in [0.29, 0.717) is 6.61 Å². The zero-order chi connectivity index (χ0) is 12.7. The average Bonchev–Trinajstić information content (AvgIpc) is 2.71. The molecule has 1 atom stereocenters. The van der Waals surface area contributed by atoms with Crippen molar-refractivity contribution in [1.29, 1.82) is 0 Å². The van der Waals surface area contributed by atoms with E-state index in [2.05, 4.69) is 0 Å². The largest absolute Gasteiger partial charge is 0.394 e. The van der Waals surface area contributed by atoms with Gasteiger partial charge in [0.25, 0.3) is 0 Å². The van der Waals surface area contributed by atoms with Crippen LogP contribution in [0.2, 0.25) is 0 Å². The third-order valence-electron chi connectivity index (χ3n) is 2.30. The molecule has 1 aromatic carbocycles. The molecule has 2 N–H and O–H groups in total. The summed E-state index contributed by atoms with van der Waals surface area (Å²) in [5.74, 6) is -0.493. The molecule has 0 amide bonds. The molecule has 0 aliphatic carbocycles. The van der Waals surface area contributed by atoms with Crippen LogP contribution in [0.25, 0.3) is 0 Å². The Kier molecular flexibility index (Phi) is 5.58. The SMILES string of the molecule is CC1(C)OCC(CO)O1.OCc1ccccc1. The number of ether oxygens (including phenoxy) is 2. The number of benzene rings is 1. The van der Waals surface area contributed by atoms with Crippen molar-refractivity contribution in [3.8, 4) is 0 Å². The van der Waals surface area contributed by atoms with E-state index in [0.717, 1.165) is 5.56 Å². The Labute approximate surface area is 102 Å². The maximum Gasteiger partial charge on any atom is 0.163 e. The zero-order valence-corrected chi connectivity index (χ0v) is 10.3.